The van der Waals surface area contributed by atoms with Crippen molar-refractivity contribution in [3.05, 3.63) is 63.4 Å². The van der Waals surface area contributed by atoms with Gasteiger partial charge in [0.2, 0.25) is 0 Å². The molecule has 1 saturated heterocycles. The fourth-order valence-electron chi connectivity index (χ4n) is 4.12. The number of likely N-dealkylation sites (tertiary alicyclic amines) is 1. The maximum Gasteiger partial charge on any atom is 0.255 e. The molecule has 1 aliphatic heterocycles. The van der Waals surface area contributed by atoms with E-state index in [1.54, 1.807) is 30.3 Å². The fraction of sp³-hybridized carbons (Fsp3) is 0.348. The maximum absolute atomic E-state index is 13.0. The van der Waals surface area contributed by atoms with Crippen LogP contribution in [-0.4, -0.2) is 38.8 Å². The van der Waals surface area contributed by atoms with Gasteiger partial charge in [0.25, 0.3) is 11.8 Å². The molecule has 31 heavy (non-hydrogen) atoms. The van der Waals surface area contributed by atoms with E-state index in [9.17, 15) is 9.59 Å². The molecule has 1 fully saturated rings. The van der Waals surface area contributed by atoms with Gasteiger partial charge in [-0.3, -0.25) is 9.59 Å². The molecule has 6 nitrogen and oxygen atoms in total. The molecule has 3 aromatic rings. The number of aromatic nitrogens is 2. The Morgan fingerprint density at radius 3 is 2.52 bits per heavy atom. The number of hydrogen-bond acceptors (Lipinski definition) is 3. The van der Waals surface area contributed by atoms with E-state index in [4.69, 9.17) is 23.2 Å². The van der Waals surface area contributed by atoms with Crippen LogP contribution in [0, 0.1) is 0 Å². The molecular formula is C23H24Cl2N4O2. The van der Waals surface area contributed by atoms with E-state index in [0.29, 0.717) is 22.0 Å². The molecule has 1 aromatic heterocycles. The van der Waals surface area contributed by atoms with Crippen molar-refractivity contribution >= 4 is 46.0 Å². The summed E-state index contributed by atoms with van der Waals surface area (Å²) in [5, 5.41) is 3.79. The van der Waals surface area contributed by atoms with Gasteiger partial charge in [-0.1, -0.05) is 23.2 Å². The Morgan fingerprint density at radius 1 is 1.13 bits per heavy atom. The second-order valence-corrected chi connectivity index (χ2v) is 9.00. The van der Waals surface area contributed by atoms with Crippen LogP contribution in [0.25, 0.3) is 11.0 Å². The summed E-state index contributed by atoms with van der Waals surface area (Å²) in [6, 6.07) is 10.2. The van der Waals surface area contributed by atoms with Crippen molar-refractivity contribution in [3.63, 3.8) is 0 Å². The Bertz CT molecular complexity index is 1150. The van der Waals surface area contributed by atoms with Gasteiger partial charge in [-0.05, 0) is 70.0 Å². The molecule has 0 radical (unpaired) electrons. The lowest BCUT2D eigenvalue weighted by Crippen LogP contribution is -2.38. The molecule has 0 aliphatic carbocycles. The second kappa shape index (κ2) is 8.52. The van der Waals surface area contributed by atoms with E-state index in [2.05, 4.69) is 15.3 Å². The van der Waals surface area contributed by atoms with Crippen LogP contribution >= 0.6 is 23.2 Å². The predicted octanol–water partition coefficient (Wildman–Crippen LogP) is 5.37. The number of amides is 2. The summed E-state index contributed by atoms with van der Waals surface area (Å²) in [5.41, 5.74) is 2.38. The minimum atomic E-state index is -0.356. The highest BCUT2D eigenvalue weighted by Gasteiger charge is 2.33. The highest BCUT2D eigenvalue weighted by Crippen LogP contribution is 2.28. The molecule has 2 N–H and O–H groups in total. The summed E-state index contributed by atoms with van der Waals surface area (Å²) in [6.45, 7) is 5.93. The monoisotopic (exact) mass is 458 g/mol. The fourth-order valence-corrected chi connectivity index (χ4v) is 4.54. The van der Waals surface area contributed by atoms with Gasteiger partial charge in [-0.2, -0.15) is 0 Å². The first-order valence-electron chi connectivity index (χ1n) is 10.3. The molecular weight excluding hydrogens is 435 g/mol. The summed E-state index contributed by atoms with van der Waals surface area (Å²) in [5.74, 6) is 0.235. The number of fused-ring (bicyclic) bond motifs is 1. The van der Waals surface area contributed by atoms with Gasteiger partial charge in [-0.25, -0.2) is 4.98 Å². The molecule has 1 aliphatic rings. The van der Waals surface area contributed by atoms with E-state index in [-0.39, 0.29) is 35.0 Å². The van der Waals surface area contributed by atoms with Gasteiger partial charge in [-0.15, -0.1) is 0 Å². The molecule has 3 unspecified atom stereocenters. The van der Waals surface area contributed by atoms with Crippen molar-refractivity contribution in [2.45, 2.75) is 51.7 Å². The molecule has 2 amide bonds. The van der Waals surface area contributed by atoms with Gasteiger partial charge in [0.05, 0.1) is 27.7 Å². The Morgan fingerprint density at radius 2 is 1.84 bits per heavy atom. The average molecular weight is 459 g/mol. The number of nitrogens with zero attached hydrogens (tertiary/aromatic N) is 2. The number of nitrogens with one attached hydrogen (secondary N) is 2. The standard InChI is InChI=1S/C23H24Cl2N4O2/c1-12-4-5-13(2)29(12)23(31)17-8-6-15(10-18(17)25)22(30)26-14(3)21-27-19-9-7-16(24)11-20(19)28-21/h6-14H,4-5H2,1-3H3,(H,26,30)(H,27,28). The normalized spacial score (nSPS) is 19.6. The largest absolute Gasteiger partial charge is 0.342 e. The Balaban J connectivity index is 1.49. The highest BCUT2D eigenvalue weighted by molar-refractivity contribution is 6.34. The SMILES string of the molecule is CC(NC(=O)c1ccc(C(=O)N2C(C)CCC2C)c(Cl)c1)c1nc2cc(Cl)ccc2[nH]1. The number of aromatic amines is 1. The zero-order chi connectivity index (χ0) is 22.3. The third-order valence-corrected chi connectivity index (χ3v) is 6.42. The number of carbonyl (C=O) groups is 2. The van der Waals surface area contributed by atoms with Crippen LogP contribution in [0.4, 0.5) is 0 Å². The highest BCUT2D eigenvalue weighted by atomic mass is 35.5. The summed E-state index contributed by atoms with van der Waals surface area (Å²) in [6.07, 6.45) is 1.97. The molecule has 8 heteroatoms. The third kappa shape index (κ3) is 4.27. The Labute approximate surface area is 190 Å². The van der Waals surface area contributed by atoms with E-state index in [1.165, 1.54) is 0 Å². The average Bonchev–Trinajstić information content (AvgIpc) is 3.29. The number of rotatable bonds is 4. The number of halogens is 2. The summed E-state index contributed by atoms with van der Waals surface area (Å²) >= 11 is 12.4. The first-order valence-corrected chi connectivity index (χ1v) is 11.1. The van der Waals surface area contributed by atoms with Crippen molar-refractivity contribution in [3.8, 4) is 0 Å². The van der Waals surface area contributed by atoms with Crippen LogP contribution in [0.15, 0.2) is 36.4 Å². The predicted molar refractivity (Wildman–Crippen MR) is 123 cm³/mol. The topological polar surface area (TPSA) is 78.1 Å². The van der Waals surface area contributed by atoms with E-state index < -0.39 is 0 Å². The van der Waals surface area contributed by atoms with Crippen molar-refractivity contribution < 1.29 is 9.59 Å². The first kappa shape index (κ1) is 21.7. The van der Waals surface area contributed by atoms with Crippen molar-refractivity contribution in [2.24, 2.45) is 0 Å². The van der Waals surface area contributed by atoms with Gasteiger partial charge in [0.15, 0.2) is 0 Å². The van der Waals surface area contributed by atoms with Crippen LogP contribution in [0.5, 0.6) is 0 Å². The van der Waals surface area contributed by atoms with E-state index >= 15 is 0 Å². The van der Waals surface area contributed by atoms with Crippen molar-refractivity contribution in [2.75, 3.05) is 0 Å². The summed E-state index contributed by atoms with van der Waals surface area (Å²) in [7, 11) is 0. The molecule has 0 spiro atoms. The Hall–Kier alpha value is -2.57. The lowest BCUT2D eigenvalue weighted by atomic mass is 10.1. The third-order valence-electron chi connectivity index (χ3n) is 5.87. The minimum absolute atomic E-state index is 0.0937. The first-order chi connectivity index (χ1) is 14.7. The zero-order valence-electron chi connectivity index (χ0n) is 17.6. The van der Waals surface area contributed by atoms with Crippen LogP contribution < -0.4 is 5.32 Å². The van der Waals surface area contributed by atoms with Gasteiger partial charge in [0.1, 0.15) is 5.82 Å². The zero-order valence-corrected chi connectivity index (χ0v) is 19.1. The van der Waals surface area contributed by atoms with Gasteiger partial charge < -0.3 is 15.2 Å². The number of benzene rings is 2. The van der Waals surface area contributed by atoms with Crippen molar-refractivity contribution in [1.82, 2.24) is 20.2 Å². The van der Waals surface area contributed by atoms with Crippen molar-refractivity contribution in [1.29, 1.82) is 0 Å². The molecule has 4 rings (SSSR count). The van der Waals surface area contributed by atoms with Crippen LogP contribution in [0.3, 0.4) is 0 Å². The molecule has 2 aromatic carbocycles. The van der Waals surface area contributed by atoms with Crippen LogP contribution in [0.1, 0.15) is 66.2 Å². The van der Waals surface area contributed by atoms with Crippen LogP contribution in [0.2, 0.25) is 10.0 Å². The Kier molecular flexibility index (Phi) is 5.95. The molecule has 2 heterocycles. The van der Waals surface area contributed by atoms with Gasteiger partial charge in [0, 0.05) is 22.7 Å². The number of H-pyrrole nitrogens is 1. The molecule has 0 bridgehead atoms. The number of imidazole rings is 1. The maximum atomic E-state index is 13.0. The smallest absolute Gasteiger partial charge is 0.255 e. The van der Waals surface area contributed by atoms with Crippen LogP contribution in [-0.2, 0) is 0 Å². The number of carbonyl (C=O) groups excluding carboxylic acids is 2. The summed E-state index contributed by atoms with van der Waals surface area (Å²) in [4.78, 5) is 35.3. The van der Waals surface area contributed by atoms with Gasteiger partial charge >= 0.3 is 0 Å². The number of hydrogen-bond donors (Lipinski definition) is 2. The second-order valence-electron chi connectivity index (χ2n) is 8.16. The summed E-state index contributed by atoms with van der Waals surface area (Å²) < 4.78 is 0. The molecule has 3 atom stereocenters. The lowest BCUT2D eigenvalue weighted by Gasteiger charge is -2.26. The quantitative estimate of drug-likeness (QED) is 0.551. The minimum Gasteiger partial charge on any atom is -0.342 e. The van der Waals surface area contributed by atoms with E-state index in [1.807, 2.05) is 31.7 Å². The molecule has 162 valence electrons. The van der Waals surface area contributed by atoms with E-state index in [0.717, 1.165) is 23.9 Å². The lowest BCUT2D eigenvalue weighted by molar-refractivity contribution is 0.0692. The molecule has 0 saturated carbocycles.